The Morgan fingerprint density at radius 2 is 1.72 bits per heavy atom. The molecule has 2 aromatic rings. The van der Waals surface area contributed by atoms with Gasteiger partial charge >= 0.3 is 0 Å². The zero-order chi connectivity index (χ0) is 13.0. The van der Waals surface area contributed by atoms with Gasteiger partial charge in [-0.3, -0.25) is 4.79 Å². The van der Waals surface area contributed by atoms with E-state index in [1.165, 1.54) is 12.1 Å². The molecule has 0 unspecified atom stereocenters. The number of benzene rings is 2. The molecule has 0 spiro atoms. The van der Waals surface area contributed by atoms with Gasteiger partial charge in [-0.2, -0.15) is 0 Å². The number of hydrogen-bond donors (Lipinski definition) is 1. The maximum absolute atomic E-state index is 11.9. The van der Waals surface area contributed by atoms with Gasteiger partial charge < -0.3 is 5.11 Å². The topological polar surface area (TPSA) is 37.3 Å². The lowest BCUT2D eigenvalue weighted by atomic mass is 10.1. The largest absolute Gasteiger partial charge is 0.507 e. The van der Waals surface area contributed by atoms with Crippen molar-refractivity contribution in [3.05, 3.63) is 71.3 Å². The average molecular weight is 238 g/mol. The molecule has 0 saturated heterocycles. The van der Waals surface area contributed by atoms with Crippen LogP contribution in [0, 0.1) is 6.92 Å². The molecule has 0 saturated carbocycles. The van der Waals surface area contributed by atoms with Gasteiger partial charge in [0.1, 0.15) is 5.75 Å². The molecular formula is C16H14O2. The van der Waals surface area contributed by atoms with Gasteiger partial charge in [0.15, 0.2) is 5.78 Å². The predicted molar refractivity (Wildman–Crippen MR) is 72.7 cm³/mol. The third-order valence-corrected chi connectivity index (χ3v) is 2.77. The number of hydrogen-bond acceptors (Lipinski definition) is 2. The van der Waals surface area contributed by atoms with Crippen molar-refractivity contribution in [2.75, 3.05) is 0 Å². The van der Waals surface area contributed by atoms with Gasteiger partial charge in [-0.05, 0) is 36.3 Å². The highest BCUT2D eigenvalue weighted by Gasteiger charge is 2.06. The molecule has 0 radical (unpaired) electrons. The minimum atomic E-state index is -0.198. The Labute approximate surface area is 106 Å². The summed E-state index contributed by atoms with van der Waals surface area (Å²) in [5, 5.41) is 9.58. The molecule has 2 heteroatoms. The molecule has 0 fully saturated rings. The Morgan fingerprint density at radius 1 is 1.06 bits per heavy atom. The second kappa shape index (κ2) is 5.32. The summed E-state index contributed by atoms with van der Waals surface area (Å²) in [6, 6.07) is 14.4. The first-order chi connectivity index (χ1) is 8.68. The van der Waals surface area contributed by atoms with Crippen LogP contribution in [0.15, 0.2) is 54.6 Å². The number of phenols is 1. The van der Waals surface area contributed by atoms with E-state index in [1.54, 1.807) is 24.3 Å². The van der Waals surface area contributed by atoms with Crippen molar-refractivity contribution in [3.8, 4) is 5.75 Å². The molecule has 2 aromatic carbocycles. The van der Waals surface area contributed by atoms with Crippen LogP contribution in [0.25, 0.3) is 6.08 Å². The lowest BCUT2D eigenvalue weighted by molar-refractivity contribution is 0.104. The van der Waals surface area contributed by atoms with Crippen LogP contribution in [0.1, 0.15) is 21.5 Å². The summed E-state index contributed by atoms with van der Waals surface area (Å²) in [5.41, 5.74) is 2.43. The molecule has 0 atom stereocenters. The van der Waals surface area contributed by atoms with Gasteiger partial charge in [-0.15, -0.1) is 0 Å². The molecule has 90 valence electrons. The molecule has 0 heterocycles. The van der Waals surface area contributed by atoms with Gasteiger partial charge in [0.25, 0.3) is 0 Å². The highest BCUT2D eigenvalue weighted by atomic mass is 16.3. The molecule has 0 aliphatic carbocycles. The molecule has 0 aliphatic rings. The second-order valence-corrected chi connectivity index (χ2v) is 4.07. The summed E-state index contributed by atoms with van der Waals surface area (Å²) >= 11 is 0. The fourth-order valence-corrected chi connectivity index (χ4v) is 1.71. The lowest BCUT2D eigenvalue weighted by Gasteiger charge is -2.00. The Hall–Kier alpha value is -2.35. The van der Waals surface area contributed by atoms with Gasteiger partial charge in [-0.1, -0.05) is 42.5 Å². The first-order valence-corrected chi connectivity index (χ1v) is 5.74. The predicted octanol–water partition coefficient (Wildman–Crippen LogP) is 3.60. The van der Waals surface area contributed by atoms with Crippen LogP contribution in [0.4, 0.5) is 0 Å². The summed E-state index contributed by atoms with van der Waals surface area (Å²) in [5.74, 6) is -0.187. The SMILES string of the molecule is Cc1ccccc1C=CC(=O)c1ccccc1O. The van der Waals surface area contributed by atoms with Gasteiger partial charge in [0, 0.05) is 0 Å². The van der Waals surface area contributed by atoms with Crippen LogP contribution in [0.5, 0.6) is 5.75 Å². The zero-order valence-corrected chi connectivity index (χ0v) is 10.1. The third kappa shape index (κ3) is 2.66. The quantitative estimate of drug-likeness (QED) is 0.655. The van der Waals surface area contributed by atoms with Crippen LogP contribution in [0.3, 0.4) is 0 Å². The van der Waals surface area contributed by atoms with E-state index in [0.29, 0.717) is 5.56 Å². The normalized spacial score (nSPS) is 10.7. The van der Waals surface area contributed by atoms with Crippen molar-refractivity contribution < 1.29 is 9.90 Å². The number of rotatable bonds is 3. The van der Waals surface area contributed by atoms with Crippen molar-refractivity contribution in [2.45, 2.75) is 6.92 Å². The second-order valence-electron chi connectivity index (χ2n) is 4.07. The molecule has 0 aromatic heterocycles. The highest BCUT2D eigenvalue weighted by molar-refractivity contribution is 6.08. The summed E-state index contributed by atoms with van der Waals surface area (Å²) in [4.78, 5) is 11.9. The molecule has 18 heavy (non-hydrogen) atoms. The standard InChI is InChI=1S/C16H14O2/c1-12-6-2-3-7-13(12)10-11-16(18)14-8-4-5-9-15(14)17/h2-11,17H,1H3. The molecule has 2 nitrogen and oxygen atoms in total. The fraction of sp³-hybridized carbons (Fsp3) is 0.0625. The highest BCUT2D eigenvalue weighted by Crippen LogP contribution is 2.17. The van der Waals surface area contributed by atoms with Crippen LogP contribution in [0.2, 0.25) is 0 Å². The van der Waals surface area contributed by atoms with Crippen molar-refractivity contribution in [1.82, 2.24) is 0 Å². The third-order valence-electron chi connectivity index (χ3n) is 2.77. The molecule has 0 aliphatic heterocycles. The molecule has 2 rings (SSSR count). The minimum absolute atomic E-state index is 0.0110. The number of carbonyl (C=O) groups is 1. The van der Waals surface area contributed by atoms with Crippen LogP contribution < -0.4 is 0 Å². The van der Waals surface area contributed by atoms with E-state index in [2.05, 4.69) is 0 Å². The van der Waals surface area contributed by atoms with Gasteiger partial charge in [0.2, 0.25) is 0 Å². The van der Waals surface area contributed by atoms with Crippen molar-refractivity contribution in [2.24, 2.45) is 0 Å². The molecule has 0 amide bonds. The molecule has 1 N–H and O–H groups in total. The van der Waals surface area contributed by atoms with E-state index >= 15 is 0 Å². The first kappa shape index (κ1) is 12.1. The summed E-state index contributed by atoms with van der Waals surface area (Å²) < 4.78 is 0. The number of phenolic OH excluding ortho intramolecular Hbond substituents is 1. The minimum Gasteiger partial charge on any atom is -0.507 e. The smallest absolute Gasteiger partial charge is 0.189 e. The molecule has 0 bridgehead atoms. The summed E-state index contributed by atoms with van der Waals surface area (Å²) in [7, 11) is 0. The van der Waals surface area contributed by atoms with Crippen LogP contribution >= 0.6 is 0 Å². The van der Waals surface area contributed by atoms with Crippen molar-refractivity contribution in [3.63, 3.8) is 0 Å². The van der Waals surface area contributed by atoms with E-state index in [4.69, 9.17) is 0 Å². The molecular weight excluding hydrogens is 224 g/mol. The van der Waals surface area contributed by atoms with E-state index in [1.807, 2.05) is 31.2 Å². The Bertz CT molecular complexity index is 598. The van der Waals surface area contributed by atoms with E-state index in [0.717, 1.165) is 11.1 Å². The Morgan fingerprint density at radius 3 is 2.44 bits per heavy atom. The van der Waals surface area contributed by atoms with Gasteiger partial charge in [0.05, 0.1) is 5.56 Å². The maximum Gasteiger partial charge on any atom is 0.189 e. The van der Waals surface area contributed by atoms with Crippen LogP contribution in [-0.2, 0) is 0 Å². The number of aromatic hydroxyl groups is 1. The Balaban J connectivity index is 2.23. The van der Waals surface area contributed by atoms with E-state index in [9.17, 15) is 9.90 Å². The van der Waals surface area contributed by atoms with Gasteiger partial charge in [-0.25, -0.2) is 0 Å². The monoisotopic (exact) mass is 238 g/mol. The van der Waals surface area contributed by atoms with E-state index < -0.39 is 0 Å². The van der Waals surface area contributed by atoms with Crippen molar-refractivity contribution >= 4 is 11.9 Å². The average Bonchev–Trinajstić information content (AvgIpc) is 2.38. The maximum atomic E-state index is 11.9. The Kier molecular flexibility index (Phi) is 3.58. The summed E-state index contributed by atoms with van der Waals surface area (Å²) in [6.45, 7) is 1.99. The number of para-hydroxylation sites is 1. The number of aryl methyl sites for hydroxylation is 1. The lowest BCUT2D eigenvalue weighted by Crippen LogP contribution is -1.94. The van der Waals surface area contributed by atoms with E-state index in [-0.39, 0.29) is 11.5 Å². The van der Waals surface area contributed by atoms with Crippen molar-refractivity contribution in [1.29, 1.82) is 0 Å². The number of allylic oxidation sites excluding steroid dienone is 1. The fourth-order valence-electron chi connectivity index (χ4n) is 1.71. The number of ketones is 1. The first-order valence-electron chi connectivity index (χ1n) is 5.74. The van der Waals surface area contributed by atoms with Crippen LogP contribution in [-0.4, -0.2) is 10.9 Å². The zero-order valence-electron chi connectivity index (χ0n) is 10.1. The number of carbonyl (C=O) groups excluding carboxylic acids is 1. The summed E-state index contributed by atoms with van der Waals surface area (Å²) in [6.07, 6.45) is 3.25.